The minimum absolute atomic E-state index is 0.0256. The smallest absolute Gasteiger partial charge is 0.188 e. The van der Waals surface area contributed by atoms with Crippen LogP contribution in [0.25, 0.3) is 11.1 Å². The first-order chi connectivity index (χ1) is 22.6. The van der Waals surface area contributed by atoms with Gasteiger partial charge in [0.1, 0.15) is 0 Å². The molecule has 4 aliphatic carbocycles. The van der Waals surface area contributed by atoms with Crippen LogP contribution in [0.2, 0.25) is 0 Å². The molecular formula is C43H44N2O2. The number of nitrogens with zero attached hydrogens (tertiary/aromatic N) is 2. The van der Waals surface area contributed by atoms with Crippen LogP contribution in [-0.2, 0) is 15.0 Å². The quantitative estimate of drug-likeness (QED) is 0.228. The Morgan fingerprint density at radius 3 is 1.89 bits per heavy atom. The number of Topliss-reactive ketones (excluding diaryl/α,β-unsaturated/α-hetero) is 2. The van der Waals surface area contributed by atoms with Gasteiger partial charge in [-0.1, -0.05) is 87.6 Å². The second-order valence-corrected chi connectivity index (χ2v) is 15.2. The molecule has 4 heteroatoms. The van der Waals surface area contributed by atoms with Crippen molar-refractivity contribution in [2.24, 2.45) is 28.7 Å². The monoisotopic (exact) mass is 620 g/mol. The van der Waals surface area contributed by atoms with Gasteiger partial charge in [0, 0.05) is 28.6 Å². The first-order valence-corrected chi connectivity index (χ1v) is 17.5. The molecule has 0 saturated heterocycles. The van der Waals surface area contributed by atoms with Gasteiger partial charge in [0.25, 0.3) is 0 Å². The normalized spacial score (nSPS) is 24.0. The number of rotatable bonds is 4. The van der Waals surface area contributed by atoms with Crippen LogP contribution in [0.5, 0.6) is 0 Å². The van der Waals surface area contributed by atoms with Crippen molar-refractivity contribution >= 4 is 40.0 Å². The number of aryl methyl sites for hydroxylation is 3. The van der Waals surface area contributed by atoms with Crippen LogP contribution in [0.1, 0.15) is 80.2 Å². The summed E-state index contributed by atoms with van der Waals surface area (Å²) in [5, 5.41) is 0. The lowest BCUT2D eigenvalue weighted by Crippen LogP contribution is -2.35. The summed E-state index contributed by atoms with van der Waals surface area (Å²) in [6, 6.07) is 28.2. The first-order valence-electron chi connectivity index (χ1n) is 17.5. The second-order valence-electron chi connectivity index (χ2n) is 15.2. The van der Waals surface area contributed by atoms with Crippen molar-refractivity contribution in [3.8, 4) is 11.1 Å². The molecule has 0 heterocycles. The zero-order valence-corrected chi connectivity index (χ0v) is 28.3. The zero-order valence-electron chi connectivity index (χ0n) is 28.3. The van der Waals surface area contributed by atoms with Crippen molar-refractivity contribution in [1.82, 2.24) is 0 Å². The third kappa shape index (κ3) is 4.82. The predicted molar refractivity (Wildman–Crippen MR) is 192 cm³/mol. The van der Waals surface area contributed by atoms with Crippen LogP contribution in [0.15, 0.2) is 83.9 Å². The molecule has 4 unspecified atom stereocenters. The third-order valence-corrected chi connectivity index (χ3v) is 11.8. The SMILES string of the molecule is Cc1cc(C)c(N(c2ccc(N=C3C(=O)C4CC5CCCCC5CC4C3=O)cc2)c2ccc3c(c2)C(C)(C)c2ccccc2-3)c(C)c1. The van der Waals surface area contributed by atoms with Gasteiger partial charge in [0.15, 0.2) is 17.3 Å². The maximum atomic E-state index is 13.5. The predicted octanol–water partition coefficient (Wildman–Crippen LogP) is 10.4. The maximum Gasteiger partial charge on any atom is 0.188 e. The van der Waals surface area contributed by atoms with E-state index in [-0.39, 0.29) is 34.5 Å². The van der Waals surface area contributed by atoms with Crippen molar-refractivity contribution in [2.45, 2.75) is 78.6 Å². The van der Waals surface area contributed by atoms with Crippen molar-refractivity contribution in [3.63, 3.8) is 0 Å². The molecule has 3 fully saturated rings. The average molecular weight is 621 g/mol. The van der Waals surface area contributed by atoms with E-state index in [0.717, 1.165) is 29.9 Å². The Bertz CT molecular complexity index is 1910. The van der Waals surface area contributed by atoms with Gasteiger partial charge in [-0.15, -0.1) is 0 Å². The van der Waals surface area contributed by atoms with Gasteiger partial charge in [0.2, 0.25) is 0 Å². The van der Waals surface area contributed by atoms with E-state index in [1.165, 1.54) is 64.6 Å². The number of ketones is 2. The van der Waals surface area contributed by atoms with E-state index in [9.17, 15) is 9.59 Å². The topological polar surface area (TPSA) is 49.7 Å². The Hall–Kier alpha value is -4.31. The highest BCUT2D eigenvalue weighted by molar-refractivity contribution is 6.70. The Morgan fingerprint density at radius 2 is 1.26 bits per heavy atom. The molecule has 47 heavy (non-hydrogen) atoms. The third-order valence-electron chi connectivity index (χ3n) is 11.8. The molecule has 0 aromatic heterocycles. The summed E-state index contributed by atoms with van der Waals surface area (Å²) in [5.41, 5.74) is 12.9. The molecule has 0 aliphatic heterocycles. The summed E-state index contributed by atoms with van der Waals surface area (Å²) < 4.78 is 0. The molecule has 4 nitrogen and oxygen atoms in total. The number of hydrogen-bond acceptors (Lipinski definition) is 4. The minimum Gasteiger partial charge on any atom is -0.310 e. The fraction of sp³-hybridized carbons (Fsp3) is 0.372. The lowest BCUT2D eigenvalue weighted by atomic mass is 9.64. The molecule has 0 spiro atoms. The summed E-state index contributed by atoms with van der Waals surface area (Å²) in [4.78, 5) is 34.2. The van der Waals surface area contributed by atoms with Crippen LogP contribution in [-0.4, -0.2) is 17.3 Å². The van der Waals surface area contributed by atoms with Crippen LogP contribution in [0.3, 0.4) is 0 Å². The highest BCUT2D eigenvalue weighted by Gasteiger charge is 2.52. The largest absolute Gasteiger partial charge is 0.310 e. The van der Waals surface area contributed by atoms with Gasteiger partial charge in [-0.3, -0.25) is 9.59 Å². The summed E-state index contributed by atoms with van der Waals surface area (Å²) in [6.07, 6.45) is 6.64. The van der Waals surface area contributed by atoms with Gasteiger partial charge in [-0.05, 0) is 115 Å². The number of carbonyl (C=O) groups excluding carboxylic acids is 2. The first kappa shape index (κ1) is 30.1. The summed E-state index contributed by atoms with van der Waals surface area (Å²) in [6.45, 7) is 11.1. The standard InChI is InChI=1S/C43H44N2O2/c1-25-20-26(2)40(27(3)21-25)45(32-18-19-34-33-12-8-9-13-37(33)43(4,5)38(34)24-32)31-16-14-30(15-17-31)44-39-41(46)35-22-28-10-6-7-11-29(28)23-36(35)42(39)47/h8-9,12-21,24,28-29,35-36H,6-7,10-11,22-23H2,1-5H3. The zero-order chi connectivity index (χ0) is 32.6. The van der Waals surface area contributed by atoms with Gasteiger partial charge in [-0.25, -0.2) is 4.99 Å². The number of anilines is 3. The minimum atomic E-state index is -0.168. The van der Waals surface area contributed by atoms with Crippen molar-refractivity contribution in [3.05, 3.63) is 107 Å². The lowest BCUT2D eigenvalue weighted by Gasteiger charge is -2.39. The van der Waals surface area contributed by atoms with Crippen molar-refractivity contribution in [1.29, 1.82) is 0 Å². The van der Waals surface area contributed by atoms with Gasteiger partial charge in [-0.2, -0.15) is 0 Å². The molecule has 238 valence electrons. The molecule has 0 N–H and O–H groups in total. The van der Waals surface area contributed by atoms with Gasteiger partial charge in [0.05, 0.1) is 11.4 Å². The van der Waals surface area contributed by atoms with Gasteiger partial charge >= 0.3 is 0 Å². The molecule has 8 rings (SSSR count). The van der Waals surface area contributed by atoms with Gasteiger partial charge < -0.3 is 4.90 Å². The second kappa shape index (κ2) is 11.1. The van der Waals surface area contributed by atoms with Crippen LogP contribution >= 0.6 is 0 Å². The number of benzene rings is 4. The fourth-order valence-electron chi connectivity index (χ4n) is 9.62. The van der Waals surface area contributed by atoms with Crippen molar-refractivity contribution in [2.75, 3.05) is 4.90 Å². The Morgan fingerprint density at radius 1 is 0.681 bits per heavy atom. The van der Waals surface area contributed by atoms with E-state index in [4.69, 9.17) is 4.99 Å². The number of hydrogen-bond donors (Lipinski definition) is 0. The van der Waals surface area contributed by atoms with E-state index < -0.39 is 0 Å². The molecule has 0 radical (unpaired) electrons. The molecule has 3 saturated carbocycles. The number of fused-ring (bicyclic) bond motifs is 5. The van der Waals surface area contributed by atoms with E-state index in [1.807, 2.05) is 12.1 Å². The van der Waals surface area contributed by atoms with E-state index >= 15 is 0 Å². The lowest BCUT2D eigenvalue weighted by molar-refractivity contribution is -0.123. The Balaban J connectivity index is 1.17. The molecule has 4 atom stereocenters. The molecular weight excluding hydrogens is 576 g/mol. The van der Waals surface area contributed by atoms with E-state index in [1.54, 1.807) is 0 Å². The Labute approximate surface area is 278 Å². The summed E-state index contributed by atoms with van der Waals surface area (Å²) in [7, 11) is 0. The molecule has 4 aliphatic rings. The average Bonchev–Trinajstić information content (AvgIpc) is 3.43. The van der Waals surface area contributed by atoms with E-state index in [2.05, 4.69) is 106 Å². The molecule has 4 aromatic rings. The maximum absolute atomic E-state index is 13.5. The van der Waals surface area contributed by atoms with Crippen LogP contribution in [0.4, 0.5) is 22.7 Å². The Kier molecular flexibility index (Phi) is 7.13. The highest BCUT2D eigenvalue weighted by atomic mass is 16.2. The van der Waals surface area contributed by atoms with E-state index in [0.29, 0.717) is 17.5 Å². The van der Waals surface area contributed by atoms with Crippen molar-refractivity contribution < 1.29 is 9.59 Å². The number of carbonyl (C=O) groups is 2. The molecule has 0 bridgehead atoms. The van der Waals surface area contributed by atoms with Crippen LogP contribution in [0, 0.1) is 44.4 Å². The van der Waals surface area contributed by atoms with Crippen LogP contribution < -0.4 is 4.90 Å². The highest BCUT2D eigenvalue weighted by Crippen LogP contribution is 2.52. The number of aliphatic imine (C=N–C) groups is 1. The molecule has 0 amide bonds. The fourth-order valence-corrected chi connectivity index (χ4v) is 9.62. The summed E-state index contributed by atoms with van der Waals surface area (Å²) in [5.74, 6) is 0.805. The molecule has 4 aromatic carbocycles. The summed E-state index contributed by atoms with van der Waals surface area (Å²) >= 11 is 0.